The molecule has 4 nitrogen and oxygen atoms in total. The maximum atomic E-state index is 10.8. The summed E-state index contributed by atoms with van der Waals surface area (Å²) in [6.45, 7) is 2.10. The summed E-state index contributed by atoms with van der Waals surface area (Å²) in [6, 6.07) is 0. The van der Waals surface area contributed by atoms with E-state index in [2.05, 4.69) is 16.9 Å². The molecule has 0 aromatic carbocycles. The number of nitrogens with zero attached hydrogens (tertiary/aromatic N) is 1. The van der Waals surface area contributed by atoms with Crippen molar-refractivity contribution in [2.45, 2.75) is 44.9 Å². The summed E-state index contributed by atoms with van der Waals surface area (Å²) in [5, 5.41) is 8.91. The molecule has 2 rings (SSSR count). The molecule has 2 N–H and O–H groups in total. The molecule has 4 heteroatoms. The molecule has 1 aromatic rings. The monoisotopic (exact) mass is 222 g/mol. The molecule has 1 saturated carbocycles. The van der Waals surface area contributed by atoms with Crippen LogP contribution in [-0.2, 0) is 11.2 Å². The highest BCUT2D eigenvalue weighted by Gasteiger charge is 2.27. The van der Waals surface area contributed by atoms with Crippen LogP contribution in [0.3, 0.4) is 0 Å². The predicted molar refractivity (Wildman–Crippen MR) is 60.3 cm³/mol. The van der Waals surface area contributed by atoms with E-state index in [1.54, 1.807) is 0 Å². The lowest BCUT2D eigenvalue weighted by molar-refractivity contribution is -0.142. The van der Waals surface area contributed by atoms with Crippen molar-refractivity contribution < 1.29 is 9.90 Å². The van der Waals surface area contributed by atoms with Crippen molar-refractivity contribution in [2.75, 3.05) is 0 Å². The van der Waals surface area contributed by atoms with E-state index in [4.69, 9.17) is 5.11 Å². The molecule has 0 amide bonds. The van der Waals surface area contributed by atoms with Gasteiger partial charge in [0.1, 0.15) is 5.82 Å². The SMILES string of the molecule is CCc1cnc(C2CCC(C(=O)O)CC2)[nH]1. The summed E-state index contributed by atoms with van der Waals surface area (Å²) < 4.78 is 0. The van der Waals surface area contributed by atoms with Crippen LogP contribution in [0.4, 0.5) is 0 Å². The Labute approximate surface area is 95.1 Å². The third-order valence-corrected chi connectivity index (χ3v) is 3.49. The highest BCUT2D eigenvalue weighted by molar-refractivity contribution is 5.70. The molecule has 1 aliphatic carbocycles. The van der Waals surface area contributed by atoms with Crippen molar-refractivity contribution in [3.8, 4) is 0 Å². The lowest BCUT2D eigenvalue weighted by Gasteiger charge is -2.24. The number of nitrogens with one attached hydrogen (secondary N) is 1. The number of hydrogen-bond donors (Lipinski definition) is 2. The fraction of sp³-hybridized carbons (Fsp3) is 0.667. The van der Waals surface area contributed by atoms with Crippen LogP contribution in [0, 0.1) is 5.92 Å². The van der Waals surface area contributed by atoms with Gasteiger partial charge in [0.05, 0.1) is 5.92 Å². The van der Waals surface area contributed by atoms with Crippen molar-refractivity contribution in [3.05, 3.63) is 17.7 Å². The van der Waals surface area contributed by atoms with E-state index in [1.165, 1.54) is 0 Å². The second kappa shape index (κ2) is 4.68. The lowest BCUT2D eigenvalue weighted by atomic mass is 9.82. The summed E-state index contributed by atoms with van der Waals surface area (Å²) >= 11 is 0. The average Bonchev–Trinajstić information content (AvgIpc) is 2.77. The fourth-order valence-electron chi connectivity index (χ4n) is 2.38. The number of aromatic amines is 1. The zero-order chi connectivity index (χ0) is 11.5. The third kappa shape index (κ3) is 2.26. The summed E-state index contributed by atoms with van der Waals surface area (Å²) in [7, 11) is 0. The molecule has 16 heavy (non-hydrogen) atoms. The summed E-state index contributed by atoms with van der Waals surface area (Å²) in [5.74, 6) is 0.681. The predicted octanol–water partition coefficient (Wildman–Crippen LogP) is 2.33. The molecular weight excluding hydrogens is 204 g/mol. The van der Waals surface area contributed by atoms with Gasteiger partial charge in [-0.2, -0.15) is 0 Å². The first-order valence-corrected chi connectivity index (χ1v) is 5.97. The van der Waals surface area contributed by atoms with Gasteiger partial charge >= 0.3 is 5.97 Å². The molecule has 0 unspecified atom stereocenters. The minimum atomic E-state index is -0.646. The van der Waals surface area contributed by atoms with E-state index in [-0.39, 0.29) is 5.92 Å². The topological polar surface area (TPSA) is 66.0 Å². The smallest absolute Gasteiger partial charge is 0.306 e. The fourth-order valence-corrected chi connectivity index (χ4v) is 2.38. The van der Waals surface area contributed by atoms with E-state index in [9.17, 15) is 4.79 Å². The van der Waals surface area contributed by atoms with Gasteiger partial charge in [-0.15, -0.1) is 0 Å². The molecule has 0 bridgehead atoms. The summed E-state index contributed by atoms with van der Waals surface area (Å²) in [6.07, 6.45) is 6.29. The summed E-state index contributed by atoms with van der Waals surface area (Å²) in [4.78, 5) is 18.5. The van der Waals surface area contributed by atoms with Crippen molar-refractivity contribution in [1.82, 2.24) is 9.97 Å². The van der Waals surface area contributed by atoms with Gasteiger partial charge in [0.15, 0.2) is 0 Å². The van der Waals surface area contributed by atoms with Gasteiger partial charge in [-0.1, -0.05) is 6.92 Å². The Hall–Kier alpha value is -1.32. The first-order valence-electron chi connectivity index (χ1n) is 5.97. The number of imidazole rings is 1. The van der Waals surface area contributed by atoms with Crippen molar-refractivity contribution >= 4 is 5.97 Å². The number of carboxylic acids is 1. The van der Waals surface area contributed by atoms with Gasteiger partial charge in [0.25, 0.3) is 0 Å². The third-order valence-electron chi connectivity index (χ3n) is 3.49. The van der Waals surface area contributed by atoms with Crippen LogP contribution in [0.15, 0.2) is 6.20 Å². The minimum Gasteiger partial charge on any atom is -0.481 e. The van der Waals surface area contributed by atoms with E-state index < -0.39 is 5.97 Å². The molecule has 1 fully saturated rings. The van der Waals surface area contributed by atoms with Gasteiger partial charge in [-0.25, -0.2) is 4.98 Å². The van der Waals surface area contributed by atoms with Crippen LogP contribution in [0.2, 0.25) is 0 Å². The Morgan fingerprint density at radius 1 is 1.50 bits per heavy atom. The van der Waals surface area contributed by atoms with Crippen molar-refractivity contribution in [2.24, 2.45) is 5.92 Å². The van der Waals surface area contributed by atoms with E-state index in [1.807, 2.05) is 6.20 Å². The molecule has 1 aromatic heterocycles. The number of aliphatic carboxylic acids is 1. The number of aryl methyl sites for hydroxylation is 1. The first-order chi connectivity index (χ1) is 7.70. The van der Waals surface area contributed by atoms with Crippen LogP contribution in [-0.4, -0.2) is 21.0 Å². The largest absolute Gasteiger partial charge is 0.481 e. The number of hydrogen-bond acceptors (Lipinski definition) is 2. The number of carboxylic acid groups (broad SMARTS) is 1. The molecular formula is C12H18N2O2. The molecule has 88 valence electrons. The number of carbonyl (C=O) groups is 1. The van der Waals surface area contributed by atoms with E-state index in [0.29, 0.717) is 5.92 Å². The van der Waals surface area contributed by atoms with Crippen LogP contribution in [0.5, 0.6) is 0 Å². The van der Waals surface area contributed by atoms with Crippen LogP contribution in [0.1, 0.15) is 50.0 Å². The van der Waals surface area contributed by atoms with Crippen LogP contribution in [0.25, 0.3) is 0 Å². The van der Waals surface area contributed by atoms with E-state index in [0.717, 1.165) is 43.6 Å². The zero-order valence-corrected chi connectivity index (χ0v) is 9.57. The highest BCUT2D eigenvalue weighted by atomic mass is 16.4. The second-order valence-corrected chi connectivity index (χ2v) is 4.53. The first kappa shape index (κ1) is 11.2. The molecule has 0 atom stereocenters. The van der Waals surface area contributed by atoms with Crippen molar-refractivity contribution in [1.29, 1.82) is 0 Å². The Kier molecular flexibility index (Phi) is 3.27. The lowest BCUT2D eigenvalue weighted by Crippen LogP contribution is -2.21. The average molecular weight is 222 g/mol. The molecule has 1 heterocycles. The highest BCUT2D eigenvalue weighted by Crippen LogP contribution is 2.34. The van der Waals surface area contributed by atoms with Gasteiger partial charge in [-0.3, -0.25) is 4.79 Å². The molecule has 0 spiro atoms. The Bertz CT molecular complexity index is 365. The van der Waals surface area contributed by atoms with Crippen LogP contribution < -0.4 is 0 Å². The molecule has 1 aliphatic rings. The van der Waals surface area contributed by atoms with Gasteiger partial charge < -0.3 is 10.1 Å². The Balaban J connectivity index is 1.96. The normalized spacial score (nSPS) is 25.6. The minimum absolute atomic E-state index is 0.142. The van der Waals surface area contributed by atoms with Crippen LogP contribution >= 0.6 is 0 Å². The molecule has 0 saturated heterocycles. The number of H-pyrrole nitrogens is 1. The standard InChI is InChI=1S/C12H18N2O2/c1-2-10-7-13-11(14-10)8-3-5-9(6-4-8)12(15)16/h7-9H,2-6H2,1H3,(H,13,14)(H,15,16). The van der Waals surface area contributed by atoms with E-state index >= 15 is 0 Å². The van der Waals surface area contributed by atoms with Gasteiger partial charge in [0, 0.05) is 17.8 Å². The number of rotatable bonds is 3. The zero-order valence-electron chi connectivity index (χ0n) is 9.57. The summed E-state index contributed by atoms with van der Waals surface area (Å²) in [5.41, 5.74) is 1.16. The van der Waals surface area contributed by atoms with Gasteiger partial charge in [-0.05, 0) is 32.1 Å². The molecule has 0 aliphatic heterocycles. The van der Waals surface area contributed by atoms with Crippen molar-refractivity contribution in [3.63, 3.8) is 0 Å². The van der Waals surface area contributed by atoms with Gasteiger partial charge in [0.2, 0.25) is 0 Å². The maximum Gasteiger partial charge on any atom is 0.306 e. The second-order valence-electron chi connectivity index (χ2n) is 4.53. The number of aromatic nitrogens is 2. The Morgan fingerprint density at radius 3 is 2.69 bits per heavy atom. The molecule has 0 radical (unpaired) electrons. The quantitative estimate of drug-likeness (QED) is 0.824. The Morgan fingerprint density at radius 2 is 2.19 bits per heavy atom. The maximum absolute atomic E-state index is 10.8.